The molecule has 2 fully saturated rings. The summed E-state index contributed by atoms with van der Waals surface area (Å²) in [7, 11) is 0. The summed E-state index contributed by atoms with van der Waals surface area (Å²) in [6.07, 6.45) is 5.09. The summed E-state index contributed by atoms with van der Waals surface area (Å²) >= 11 is 0. The molecule has 0 aromatic rings. The first kappa shape index (κ1) is 26.8. The molecule has 2 saturated carbocycles. The Balaban J connectivity index is 2.06. The predicted octanol–water partition coefficient (Wildman–Crippen LogP) is 3.29. The lowest BCUT2D eigenvalue weighted by atomic mass is 9.89. The number of hydroxylamine groups is 1. The van der Waals surface area contributed by atoms with Crippen LogP contribution >= 0.6 is 0 Å². The van der Waals surface area contributed by atoms with E-state index in [1.165, 1.54) is 46.5 Å². The molecule has 0 aromatic carbocycles. The maximum Gasteiger partial charge on any atom is 0.333 e. The number of esters is 3. The van der Waals surface area contributed by atoms with E-state index in [-0.39, 0.29) is 43.1 Å². The fourth-order valence-corrected chi connectivity index (χ4v) is 4.27. The molecule has 0 aromatic heterocycles. The molecule has 8 nitrogen and oxygen atoms in total. The summed E-state index contributed by atoms with van der Waals surface area (Å²) in [5.41, 5.74) is 2.55. The maximum absolute atomic E-state index is 12.0. The minimum Gasteiger partial charge on any atom is -0.461 e. The Labute approximate surface area is 196 Å². The van der Waals surface area contributed by atoms with Crippen LogP contribution < -0.4 is 5.48 Å². The third-order valence-electron chi connectivity index (χ3n) is 6.28. The molecule has 2 aliphatic rings. The molecule has 0 aliphatic heterocycles. The molecule has 33 heavy (non-hydrogen) atoms. The molecule has 0 heterocycles. The van der Waals surface area contributed by atoms with Gasteiger partial charge in [-0.2, -0.15) is 0 Å². The van der Waals surface area contributed by atoms with E-state index in [9.17, 15) is 14.4 Å². The fraction of sp³-hybridized carbons (Fsp3) is 0.640. The molecule has 1 N–H and O–H groups in total. The van der Waals surface area contributed by atoms with E-state index in [0.29, 0.717) is 12.5 Å². The van der Waals surface area contributed by atoms with Crippen LogP contribution in [0.15, 0.2) is 36.5 Å². The molecular weight excluding hydrogens is 426 g/mol. The van der Waals surface area contributed by atoms with Gasteiger partial charge in [0, 0.05) is 23.3 Å². The fourth-order valence-electron chi connectivity index (χ4n) is 4.27. The number of rotatable bonds is 14. The number of carbonyl (C=O) groups is 3. The van der Waals surface area contributed by atoms with Crippen LogP contribution in [-0.4, -0.2) is 50.9 Å². The van der Waals surface area contributed by atoms with Gasteiger partial charge in [0.2, 0.25) is 0 Å². The number of hydrogen-bond acceptors (Lipinski definition) is 8. The van der Waals surface area contributed by atoms with Gasteiger partial charge in [-0.1, -0.05) is 26.2 Å². The second kappa shape index (κ2) is 12.1. The van der Waals surface area contributed by atoms with Gasteiger partial charge in [0.25, 0.3) is 0 Å². The lowest BCUT2D eigenvalue weighted by molar-refractivity contribution is -0.166. The van der Waals surface area contributed by atoms with Crippen molar-refractivity contribution in [3.8, 4) is 0 Å². The summed E-state index contributed by atoms with van der Waals surface area (Å²) < 4.78 is 16.1. The molecule has 0 radical (unpaired) electrons. The molecular formula is C25H37NO7. The first-order chi connectivity index (χ1) is 15.5. The quantitative estimate of drug-likeness (QED) is 0.138. The number of carbonyl (C=O) groups excluding carboxylic acids is 3. The summed E-state index contributed by atoms with van der Waals surface area (Å²) in [6, 6.07) is 0. The maximum atomic E-state index is 12.0. The van der Waals surface area contributed by atoms with Crippen molar-refractivity contribution in [2.24, 2.45) is 23.2 Å². The Morgan fingerprint density at radius 1 is 0.788 bits per heavy atom. The predicted molar refractivity (Wildman–Crippen MR) is 123 cm³/mol. The first-order valence-corrected chi connectivity index (χ1v) is 11.4. The van der Waals surface area contributed by atoms with Gasteiger partial charge >= 0.3 is 17.9 Å². The van der Waals surface area contributed by atoms with E-state index in [0.717, 1.165) is 11.8 Å². The van der Waals surface area contributed by atoms with Gasteiger partial charge in [-0.05, 0) is 57.8 Å². The smallest absolute Gasteiger partial charge is 0.333 e. The van der Waals surface area contributed by atoms with Crippen LogP contribution in [0.5, 0.6) is 0 Å². The second-order valence-corrected chi connectivity index (χ2v) is 9.64. The van der Waals surface area contributed by atoms with E-state index < -0.39 is 23.3 Å². The van der Waals surface area contributed by atoms with E-state index in [1.807, 2.05) is 0 Å². The highest BCUT2D eigenvalue weighted by atomic mass is 16.6. The van der Waals surface area contributed by atoms with Crippen LogP contribution in [0.25, 0.3) is 0 Å². The average Bonchev–Trinajstić information content (AvgIpc) is 3.39. The van der Waals surface area contributed by atoms with E-state index in [2.05, 4.69) is 25.2 Å². The SMILES string of the molecule is C=C(C)C(=O)OCC(CONCC1CC2CCC1C2)(COC(=O)C(=C)C)COC(=O)C(=C)C. The Morgan fingerprint density at radius 3 is 1.64 bits per heavy atom. The molecule has 0 amide bonds. The van der Waals surface area contributed by atoms with Crippen molar-refractivity contribution in [2.75, 3.05) is 33.0 Å². The van der Waals surface area contributed by atoms with Crippen LogP contribution in [0.3, 0.4) is 0 Å². The first-order valence-electron chi connectivity index (χ1n) is 11.4. The standard InChI is InChI=1S/C25H37NO7/c1-16(2)22(27)30-12-25(13-31-23(28)17(3)4,14-32-24(29)18(5)6)15-33-26-11-21-10-19-7-8-20(21)9-19/h19-21,26H,1,3,5,7-15H2,2,4,6H3. The minimum atomic E-state index is -1.14. The van der Waals surface area contributed by atoms with Crippen LogP contribution in [0, 0.1) is 23.2 Å². The average molecular weight is 464 g/mol. The van der Waals surface area contributed by atoms with Crippen LogP contribution in [0.2, 0.25) is 0 Å². The molecule has 184 valence electrons. The number of ether oxygens (including phenoxy) is 3. The molecule has 8 heteroatoms. The highest BCUT2D eigenvalue weighted by molar-refractivity contribution is 5.88. The van der Waals surface area contributed by atoms with Crippen molar-refractivity contribution in [2.45, 2.75) is 46.5 Å². The van der Waals surface area contributed by atoms with Crippen molar-refractivity contribution < 1.29 is 33.4 Å². The highest BCUT2D eigenvalue weighted by Crippen LogP contribution is 2.47. The Morgan fingerprint density at radius 2 is 1.27 bits per heavy atom. The highest BCUT2D eigenvalue weighted by Gasteiger charge is 2.40. The molecule has 0 spiro atoms. The topological polar surface area (TPSA) is 100 Å². The van der Waals surface area contributed by atoms with E-state index in [1.54, 1.807) is 0 Å². The van der Waals surface area contributed by atoms with Gasteiger partial charge in [0.1, 0.15) is 19.8 Å². The normalized spacial score (nSPS) is 21.4. The van der Waals surface area contributed by atoms with Crippen LogP contribution in [-0.2, 0) is 33.4 Å². The minimum absolute atomic E-state index is 0.0236. The van der Waals surface area contributed by atoms with E-state index >= 15 is 0 Å². The van der Waals surface area contributed by atoms with Gasteiger partial charge in [0.15, 0.2) is 0 Å². The van der Waals surface area contributed by atoms with Crippen LogP contribution in [0.1, 0.15) is 46.5 Å². The third-order valence-corrected chi connectivity index (χ3v) is 6.28. The van der Waals surface area contributed by atoms with Crippen molar-refractivity contribution in [3.05, 3.63) is 36.5 Å². The zero-order chi connectivity index (χ0) is 24.6. The molecule has 3 atom stereocenters. The molecule has 2 aliphatic carbocycles. The Hall–Kier alpha value is -2.45. The summed E-state index contributed by atoms with van der Waals surface area (Å²) in [4.78, 5) is 41.9. The molecule has 0 saturated heterocycles. The van der Waals surface area contributed by atoms with Gasteiger partial charge < -0.3 is 19.0 Å². The number of nitrogens with one attached hydrogen (secondary N) is 1. The second-order valence-electron chi connectivity index (χ2n) is 9.64. The monoisotopic (exact) mass is 463 g/mol. The van der Waals surface area contributed by atoms with Crippen molar-refractivity contribution >= 4 is 17.9 Å². The van der Waals surface area contributed by atoms with Crippen molar-refractivity contribution in [3.63, 3.8) is 0 Å². The Kier molecular flexibility index (Phi) is 9.86. The lowest BCUT2D eigenvalue weighted by Gasteiger charge is -2.32. The van der Waals surface area contributed by atoms with E-state index in [4.69, 9.17) is 19.0 Å². The summed E-state index contributed by atoms with van der Waals surface area (Å²) in [6.45, 7) is 15.4. The largest absolute Gasteiger partial charge is 0.461 e. The van der Waals surface area contributed by atoms with Crippen LogP contribution in [0.4, 0.5) is 0 Å². The number of hydrogen-bond donors (Lipinski definition) is 1. The van der Waals surface area contributed by atoms with Gasteiger partial charge in [-0.3, -0.25) is 0 Å². The third kappa shape index (κ3) is 8.12. The van der Waals surface area contributed by atoms with Crippen molar-refractivity contribution in [1.82, 2.24) is 5.48 Å². The lowest BCUT2D eigenvalue weighted by Crippen LogP contribution is -2.45. The molecule has 2 bridgehead atoms. The van der Waals surface area contributed by atoms with Gasteiger partial charge in [-0.15, -0.1) is 0 Å². The molecule has 2 rings (SSSR count). The zero-order valence-electron chi connectivity index (χ0n) is 20.1. The Bertz CT molecular complexity index is 714. The molecule has 3 unspecified atom stereocenters. The van der Waals surface area contributed by atoms with Crippen molar-refractivity contribution in [1.29, 1.82) is 0 Å². The zero-order valence-corrected chi connectivity index (χ0v) is 20.1. The summed E-state index contributed by atoms with van der Waals surface area (Å²) in [5.74, 6) is 0.318. The number of fused-ring (bicyclic) bond motifs is 2. The van der Waals surface area contributed by atoms with Gasteiger partial charge in [-0.25, -0.2) is 19.9 Å². The summed E-state index contributed by atoms with van der Waals surface area (Å²) in [5, 5.41) is 0. The van der Waals surface area contributed by atoms with Gasteiger partial charge in [0.05, 0.1) is 12.0 Å².